The van der Waals surface area contributed by atoms with E-state index in [0.29, 0.717) is 13.2 Å². The second kappa shape index (κ2) is 7.40. The Morgan fingerprint density at radius 3 is 1.93 bits per heavy atom. The first kappa shape index (κ1) is 14.1. The van der Waals surface area contributed by atoms with Gasteiger partial charge in [0.2, 0.25) is 0 Å². The molecule has 0 aromatic heterocycles. The van der Waals surface area contributed by atoms with Crippen molar-refractivity contribution in [2.45, 2.75) is 39.4 Å². The van der Waals surface area contributed by atoms with Gasteiger partial charge in [-0.15, -0.1) is 0 Å². The van der Waals surface area contributed by atoms with Crippen LogP contribution in [0.1, 0.15) is 33.6 Å². The van der Waals surface area contributed by atoms with E-state index in [9.17, 15) is 4.79 Å². The van der Waals surface area contributed by atoms with Gasteiger partial charge in [0.1, 0.15) is 0 Å². The Labute approximate surface area is 97.2 Å². The summed E-state index contributed by atoms with van der Waals surface area (Å²) < 4.78 is 15.3. The van der Waals surface area contributed by atoms with Crippen LogP contribution in [0.2, 0.25) is 0 Å². The zero-order valence-electron chi connectivity index (χ0n) is 8.96. The van der Waals surface area contributed by atoms with Gasteiger partial charge in [0.15, 0.2) is 0 Å². The molecule has 0 N–H and O–H groups in total. The second-order valence-corrected chi connectivity index (χ2v) is 3.35. The summed E-state index contributed by atoms with van der Waals surface area (Å²) in [5, 5.41) is 0. The number of rotatable bonds is 7. The third-order valence-electron chi connectivity index (χ3n) is 1.63. The molecular formula is C9H17O4Ti. The van der Waals surface area contributed by atoms with Crippen LogP contribution in [0.25, 0.3) is 0 Å². The van der Waals surface area contributed by atoms with Crippen LogP contribution >= 0.6 is 0 Å². The summed E-state index contributed by atoms with van der Waals surface area (Å²) in [6.45, 7) is 6.49. The molecule has 0 atom stereocenters. The summed E-state index contributed by atoms with van der Waals surface area (Å²) in [5.74, 6) is -1.74. The van der Waals surface area contributed by atoms with E-state index in [0.717, 1.165) is 12.8 Å². The van der Waals surface area contributed by atoms with Gasteiger partial charge in [0, 0.05) is 0 Å². The molecule has 0 saturated heterocycles. The van der Waals surface area contributed by atoms with Gasteiger partial charge in [-0.3, -0.25) is 0 Å². The maximum atomic E-state index is 11.4. The van der Waals surface area contributed by atoms with Crippen molar-refractivity contribution < 1.29 is 38.4 Å². The Kier molecular flexibility index (Phi) is 7.46. The Hall–Kier alpha value is 0.104. The number of carbonyl (C=O) groups excluding carboxylic acids is 1. The van der Waals surface area contributed by atoms with Crippen LogP contribution in [-0.4, -0.2) is 25.0 Å². The van der Waals surface area contributed by atoms with Crippen LogP contribution in [0.4, 0.5) is 0 Å². The molecule has 0 aromatic carbocycles. The Bertz CT molecular complexity index is 164. The van der Waals surface area contributed by atoms with E-state index < -0.39 is 11.8 Å². The SMILES string of the molecule is CCCOC(C)(OCCC)C(=O)[O][Ti]. The molecule has 0 radical (unpaired) electrons. The fraction of sp³-hybridized carbons (Fsp3) is 0.889. The predicted molar refractivity (Wildman–Crippen MR) is 47.0 cm³/mol. The van der Waals surface area contributed by atoms with Crippen molar-refractivity contribution >= 4 is 5.97 Å². The zero-order chi connectivity index (χ0) is 11.0. The molecule has 0 fully saturated rings. The molecule has 0 saturated carbocycles. The molecule has 0 unspecified atom stereocenters. The fourth-order valence-corrected chi connectivity index (χ4v) is 1.14. The predicted octanol–water partition coefficient (Wildman–Crippen LogP) is 1.56. The first-order chi connectivity index (χ1) is 6.60. The molecule has 0 amide bonds. The van der Waals surface area contributed by atoms with E-state index >= 15 is 0 Å². The minimum atomic E-state index is -1.25. The quantitative estimate of drug-likeness (QED) is 0.498. The van der Waals surface area contributed by atoms with Crippen molar-refractivity contribution in [3.8, 4) is 0 Å². The van der Waals surface area contributed by atoms with Crippen LogP contribution in [0.3, 0.4) is 0 Å². The molecule has 0 rings (SSSR count). The summed E-state index contributed by atoms with van der Waals surface area (Å²) in [6, 6.07) is 0. The van der Waals surface area contributed by atoms with Crippen molar-refractivity contribution in [1.29, 1.82) is 0 Å². The molecule has 0 aliphatic rings. The Balaban J connectivity index is 4.24. The summed E-state index contributed by atoms with van der Waals surface area (Å²) >= 11 is 1.32. The van der Waals surface area contributed by atoms with E-state index in [1.807, 2.05) is 13.8 Å². The Morgan fingerprint density at radius 2 is 1.64 bits per heavy atom. The first-order valence-corrected chi connectivity index (χ1v) is 5.40. The van der Waals surface area contributed by atoms with Gasteiger partial charge in [0.05, 0.1) is 0 Å². The van der Waals surface area contributed by atoms with E-state index in [1.54, 1.807) is 6.92 Å². The van der Waals surface area contributed by atoms with Crippen molar-refractivity contribution in [1.82, 2.24) is 0 Å². The molecule has 5 heteroatoms. The molecule has 0 bridgehead atoms. The first-order valence-electron chi connectivity index (χ1n) is 4.76. The zero-order valence-corrected chi connectivity index (χ0v) is 10.5. The summed E-state index contributed by atoms with van der Waals surface area (Å²) in [6.07, 6.45) is 1.67. The molecule has 0 aliphatic carbocycles. The molecular weight excluding hydrogens is 220 g/mol. The van der Waals surface area contributed by atoms with E-state index in [2.05, 4.69) is 3.32 Å². The molecule has 81 valence electrons. The van der Waals surface area contributed by atoms with E-state index in [-0.39, 0.29) is 0 Å². The summed E-state index contributed by atoms with van der Waals surface area (Å²) in [7, 11) is 0. The fourth-order valence-electron chi connectivity index (χ4n) is 0.846. The molecule has 0 heterocycles. The topological polar surface area (TPSA) is 44.8 Å². The van der Waals surface area contributed by atoms with Gasteiger partial charge in [-0.05, 0) is 0 Å². The Morgan fingerprint density at radius 1 is 1.21 bits per heavy atom. The molecule has 14 heavy (non-hydrogen) atoms. The maximum absolute atomic E-state index is 11.4. The average molecular weight is 237 g/mol. The van der Waals surface area contributed by atoms with Crippen molar-refractivity contribution in [2.75, 3.05) is 13.2 Å². The van der Waals surface area contributed by atoms with Crippen LogP contribution in [-0.2, 0) is 38.4 Å². The number of carbonyl (C=O) groups is 1. The van der Waals surface area contributed by atoms with Gasteiger partial charge in [-0.25, -0.2) is 0 Å². The van der Waals surface area contributed by atoms with Crippen molar-refractivity contribution in [3.05, 3.63) is 0 Å². The van der Waals surface area contributed by atoms with Gasteiger partial charge < -0.3 is 0 Å². The number of ether oxygens (including phenoxy) is 2. The number of hydrogen-bond acceptors (Lipinski definition) is 4. The number of hydrogen-bond donors (Lipinski definition) is 0. The standard InChI is InChI=1S/C9H18O4.Ti/c1-4-6-12-9(3,8(10)11)13-7-5-2;/h4-7H2,1-3H3,(H,10,11);/q;+1/p-1. The molecule has 0 aromatic rings. The molecule has 4 nitrogen and oxygen atoms in total. The third-order valence-corrected chi connectivity index (χ3v) is 1.92. The minimum absolute atomic E-state index is 0.481. The second-order valence-electron chi connectivity index (χ2n) is 3.03. The molecule has 0 spiro atoms. The summed E-state index contributed by atoms with van der Waals surface area (Å²) in [5.41, 5.74) is 0. The van der Waals surface area contributed by atoms with Crippen molar-refractivity contribution in [2.24, 2.45) is 0 Å². The van der Waals surface area contributed by atoms with Gasteiger partial charge in [0.25, 0.3) is 0 Å². The van der Waals surface area contributed by atoms with Gasteiger partial charge >= 0.3 is 97.0 Å². The summed E-state index contributed by atoms with van der Waals surface area (Å²) in [4.78, 5) is 11.4. The molecule has 0 aliphatic heterocycles. The van der Waals surface area contributed by atoms with Gasteiger partial charge in [-0.2, -0.15) is 0 Å². The van der Waals surface area contributed by atoms with Crippen LogP contribution in [0, 0.1) is 0 Å². The van der Waals surface area contributed by atoms with Gasteiger partial charge in [-0.1, -0.05) is 0 Å². The van der Waals surface area contributed by atoms with Crippen LogP contribution in [0.15, 0.2) is 0 Å². The normalized spacial score (nSPS) is 11.3. The van der Waals surface area contributed by atoms with E-state index in [4.69, 9.17) is 9.47 Å². The van der Waals surface area contributed by atoms with Crippen LogP contribution < -0.4 is 0 Å². The average Bonchev–Trinajstić information content (AvgIpc) is 2.22. The van der Waals surface area contributed by atoms with Crippen molar-refractivity contribution in [3.63, 3.8) is 0 Å². The van der Waals surface area contributed by atoms with Crippen LogP contribution in [0.5, 0.6) is 0 Å². The van der Waals surface area contributed by atoms with E-state index in [1.165, 1.54) is 20.8 Å². The third kappa shape index (κ3) is 4.55. The monoisotopic (exact) mass is 237 g/mol.